The van der Waals surface area contributed by atoms with E-state index < -0.39 is 0 Å². The van der Waals surface area contributed by atoms with Crippen molar-refractivity contribution >= 4 is 79.6 Å². The van der Waals surface area contributed by atoms with Crippen LogP contribution in [0.5, 0.6) is 0 Å². The number of fused-ring (bicyclic) bond motifs is 2. The Morgan fingerprint density at radius 2 is 1.05 bits per heavy atom. The Bertz CT molecular complexity index is 1730. The Labute approximate surface area is 265 Å². The highest BCUT2D eigenvalue weighted by Gasteiger charge is 2.32. The van der Waals surface area contributed by atoms with Crippen molar-refractivity contribution in [2.75, 3.05) is 24.6 Å². The van der Waals surface area contributed by atoms with Gasteiger partial charge in [-0.1, -0.05) is 85.9 Å². The Morgan fingerprint density at radius 3 is 1.48 bits per heavy atom. The first-order valence-corrected chi connectivity index (χ1v) is 16.7. The molecule has 222 valence electrons. The first-order valence-electron chi connectivity index (χ1n) is 14.8. The van der Waals surface area contributed by atoms with Crippen LogP contribution in [-0.2, 0) is 9.59 Å². The molecule has 0 atom stereocenters. The predicted molar refractivity (Wildman–Crippen MR) is 183 cm³/mol. The van der Waals surface area contributed by atoms with Crippen molar-refractivity contribution in [2.45, 2.75) is 26.7 Å². The molecule has 2 aromatic heterocycles. The van der Waals surface area contributed by atoms with E-state index in [2.05, 4.69) is 9.97 Å². The van der Waals surface area contributed by atoms with Gasteiger partial charge in [0.2, 0.25) is 0 Å². The van der Waals surface area contributed by atoms with Crippen molar-refractivity contribution < 1.29 is 9.59 Å². The van der Waals surface area contributed by atoms with E-state index in [1.807, 2.05) is 86.6 Å². The summed E-state index contributed by atoms with van der Waals surface area (Å²) in [5.74, 6) is 1.20. The zero-order valence-corrected chi connectivity index (χ0v) is 26.3. The molecule has 4 heterocycles. The van der Waals surface area contributed by atoms with Gasteiger partial charge in [0.1, 0.15) is 11.4 Å². The molecular weight excluding hydrogens is 589 g/mol. The van der Waals surface area contributed by atoms with Gasteiger partial charge in [0, 0.05) is 35.4 Å². The molecule has 0 radical (unpaired) electrons. The number of benzene rings is 2. The van der Waals surface area contributed by atoms with Crippen LogP contribution in [0, 0.1) is 0 Å². The van der Waals surface area contributed by atoms with Crippen molar-refractivity contribution in [3.63, 3.8) is 0 Å². The number of thioether (sulfide) groups is 2. The number of rotatable bonds is 9. The molecule has 44 heavy (non-hydrogen) atoms. The fourth-order valence-electron chi connectivity index (χ4n) is 4.99. The molecule has 2 aliphatic heterocycles. The van der Waals surface area contributed by atoms with Crippen molar-refractivity contribution in [1.82, 2.24) is 19.8 Å². The predicted octanol–water partition coefficient (Wildman–Crippen LogP) is 6.85. The van der Waals surface area contributed by atoms with Crippen molar-refractivity contribution in [2.24, 2.45) is 9.98 Å². The normalized spacial score (nSPS) is 17.0. The lowest BCUT2D eigenvalue weighted by Crippen LogP contribution is -2.32. The summed E-state index contributed by atoms with van der Waals surface area (Å²) in [6, 6.07) is 23.7. The molecule has 2 aromatic carbocycles. The van der Waals surface area contributed by atoms with Gasteiger partial charge in [0.15, 0.2) is 10.3 Å². The largest absolute Gasteiger partial charge is 0.286 e. The Kier molecular flexibility index (Phi) is 9.18. The Balaban J connectivity index is 1.14. The number of carbonyl (C=O) groups excluding carboxylic acids is 2. The lowest BCUT2D eigenvalue weighted by molar-refractivity contribution is -0.123. The number of hydrogen-bond acceptors (Lipinski definition) is 8. The van der Waals surface area contributed by atoms with Gasteiger partial charge in [-0.2, -0.15) is 0 Å². The van der Waals surface area contributed by atoms with Crippen molar-refractivity contribution in [1.29, 1.82) is 0 Å². The Hall–Kier alpha value is -4.28. The summed E-state index contributed by atoms with van der Waals surface area (Å²) in [6.45, 7) is 5.30. The summed E-state index contributed by atoms with van der Waals surface area (Å²) < 4.78 is 0. The summed E-state index contributed by atoms with van der Waals surface area (Å²) in [5.41, 5.74) is 3.96. The third kappa shape index (κ3) is 6.46. The van der Waals surface area contributed by atoms with Gasteiger partial charge in [-0.05, 0) is 49.3 Å². The minimum atomic E-state index is -0.103. The fraction of sp³-hybridized carbons (Fsp3) is 0.235. The average Bonchev–Trinajstić information content (AvgIpc) is 3.49. The van der Waals surface area contributed by atoms with Gasteiger partial charge in [-0.25, -0.2) is 20.0 Å². The molecule has 0 bridgehead atoms. The van der Waals surface area contributed by atoms with E-state index >= 15 is 0 Å². The van der Waals surface area contributed by atoms with E-state index in [4.69, 9.17) is 9.98 Å². The molecule has 0 fully saturated rings. The molecule has 2 amide bonds. The third-order valence-electron chi connectivity index (χ3n) is 7.07. The maximum atomic E-state index is 13.2. The highest BCUT2D eigenvalue weighted by atomic mass is 32.2. The van der Waals surface area contributed by atoms with E-state index in [1.165, 1.54) is 0 Å². The van der Waals surface area contributed by atoms with E-state index in [9.17, 15) is 9.59 Å². The first kappa shape index (κ1) is 29.8. The molecule has 0 saturated heterocycles. The maximum Gasteiger partial charge on any atom is 0.278 e. The topological polar surface area (TPSA) is 91.1 Å². The second kappa shape index (κ2) is 13.6. The second-order valence-corrected chi connectivity index (χ2v) is 12.4. The standard InChI is InChI=1S/C34H32N6O2S2/c1-3-17-39-31(41)29(21-25-15-13-23-9-5-7-11-27(23)35-25)37-33(39)43-19-20-44-34-38-30(32(42)40(34)18-4-2)22-26-16-14-24-10-6-8-12-28(24)36-26/h5-16,21-22H,3-4,17-20H2,1-2H3/b29-21-,30-22-. The number of nitrogens with zero attached hydrogens (tertiary/aromatic N) is 6. The van der Waals surface area contributed by atoms with Crippen LogP contribution >= 0.6 is 23.5 Å². The quantitative estimate of drug-likeness (QED) is 0.150. The molecule has 0 N–H and O–H groups in total. The maximum absolute atomic E-state index is 13.2. The van der Waals surface area contributed by atoms with Gasteiger partial charge < -0.3 is 0 Å². The molecule has 0 saturated carbocycles. The van der Waals surface area contributed by atoms with Crippen LogP contribution in [0.25, 0.3) is 34.0 Å². The smallest absolute Gasteiger partial charge is 0.278 e. The van der Waals surface area contributed by atoms with Crippen LogP contribution in [0.2, 0.25) is 0 Å². The van der Waals surface area contributed by atoms with Crippen molar-refractivity contribution in [3.05, 3.63) is 95.6 Å². The minimum absolute atomic E-state index is 0.103. The molecule has 4 aromatic rings. The van der Waals surface area contributed by atoms with Crippen LogP contribution in [0.1, 0.15) is 38.1 Å². The summed E-state index contributed by atoms with van der Waals surface area (Å²) >= 11 is 3.09. The number of amidine groups is 2. The van der Waals surface area contributed by atoms with E-state index in [1.54, 1.807) is 45.5 Å². The second-order valence-electron chi connectivity index (χ2n) is 10.3. The lowest BCUT2D eigenvalue weighted by atomic mass is 10.2. The monoisotopic (exact) mass is 620 g/mol. The highest BCUT2D eigenvalue weighted by Crippen LogP contribution is 2.28. The van der Waals surface area contributed by atoms with E-state index in [0.29, 0.717) is 57.7 Å². The summed E-state index contributed by atoms with van der Waals surface area (Å²) in [4.78, 5) is 48.8. The SMILES string of the molecule is CCCN1C(=O)/C(=C/c2ccc3ccccc3n2)N=C1SCCSC1=N/C(=C\c2ccc3ccccc3n2)C(=O)N1CCC. The van der Waals surface area contributed by atoms with E-state index in [-0.39, 0.29) is 11.8 Å². The molecule has 0 unspecified atom stereocenters. The number of hydrogen-bond donors (Lipinski definition) is 0. The zero-order chi connectivity index (χ0) is 30.5. The first-order chi connectivity index (χ1) is 21.5. The van der Waals surface area contributed by atoms with Gasteiger partial charge >= 0.3 is 0 Å². The van der Waals surface area contributed by atoms with Crippen molar-refractivity contribution in [3.8, 4) is 0 Å². The highest BCUT2D eigenvalue weighted by molar-refractivity contribution is 8.17. The number of amides is 2. The van der Waals surface area contributed by atoms with Crippen LogP contribution < -0.4 is 0 Å². The number of carbonyl (C=O) groups is 2. The fourth-order valence-corrected chi connectivity index (χ4v) is 7.01. The van der Waals surface area contributed by atoms with Gasteiger partial charge in [-0.3, -0.25) is 19.4 Å². The number of pyridine rings is 2. The molecule has 0 aliphatic carbocycles. The summed E-state index contributed by atoms with van der Waals surface area (Å²) in [5, 5.41) is 3.50. The van der Waals surface area contributed by atoms with Crippen LogP contribution in [0.15, 0.2) is 94.2 Å². The number of aliphatic imine (C=N–C) groups is 2. The number of para-hydroxylation sites is 2. The third-order valence-corrected chi connectivity index (χ3v) is 9.29. The molecule has 2 aliphatic rings. The van der Waals surface area contributed by atoms with E-state index in [0.717, 1.165) is 34.6 Å². The van der Waals surface area contributed by atoms with Crippen LogP contribution in [-0.4, -0.2) is 66.5 Å². The molecule has 8 nitrogen and oxygen atoms in total. The molecule has 6 rings (SSSR count). The van der Waals surface area contributed by atoms with Crippen LogP contribution in [0.4, 0.5) is 0 Å². The Morgan fingerprint density at radius 1 is 0.614 bits per heavy atom. The number of aromatic nitrogens is 2. The van der Waals surface area contributed by atoms with Gasteiger partial charge in [0.05, 0.1) is 22.4 Å². The zero-order valence-electron chi connectivity index (χ0n) is 24.6. The average molecular weight is 621 g/mol. The molecule has 10 heteroatoms. The molecular formula is C34H32N6O2S2. The lowest BCUT2D eigenvalue weighted by Gasteiger charge is -2.17. The minimum Gasteiger partial charge on any atom is -0.286 e. The van der Waals surface area contributed by atoms with Crippen LogP contribution in [0.3, 0.4) is 0 Å². The van der Waals surface area contributed by atoms with Gasteiger partial charge in [0.25, 0.3) is 11.8 Å². The van der Waals surface area contributed by atoms with Gasteiger partial charge in [-0.15, -0.1) is 0 Å². The molecule has 0 spiro atoms. The summed E-state index contributed by atoms with van der Waals surface area (Å²) in [6.07, 6.45) is 5.18. The summed E-state index contributed by atoms with van der Waals surface area (Å²) in [7, 11) is 0.